The highest BCUT2D eigenvalue weighted by atomic mass is 16.1. The van der Waals surface area contributed by atoms with Gasteiger partial charge in [-0.15, -0.1) is 0 Å². The fourth-order valence-electron chi connectivity index (χ4n) is 1.85. The third-order valence-electron chi connectivity index (χ3n) is 2.85. The van der Waals surface area contributed by atoms with E-state index in [1.54, 1.807) is 0 Å². The number of benzene rings is 1. The quantitative estimate of drug-likeness (QED) is 0.724. The van der Waals surface area contributed by atoms with E-state index in [0.29, 0.717) is 0 Å². The van der Waals surface area contributed by atoms with Crippen molar-refractivity contribution in [3.8, 4) is 6.07 Å². The van der Waals surface area contributed by atoms with Gasteiger partial charge in [-0.05, 0) is 18.4 Å². The predicted molar refractivity (Wildman–Crippen MR) is 52.6 cm³/mol. The summed E-state index contributed by atoms with van der Waals surface area (Å²) in [7, 11) is 0. The highest BCUT2D eigenvalue weighted by molar-refractivity contribution is 5.94. The molecule has 0 unspecified atom stereocenters. The molecule has 0 atom stereocenters. The molecule has 70 valence electrons. The zero-order valence-corrected chi connectivity index (χ0v) is 7.86. The molecule has 1 aliphatic rings. The van der Waals surface area contributed by atoms with Crippen LogP contribution in [0.15, 0.2) is 30.3 Å². The van der Waals surface area contributed by atoms with Crippen LogP contribution in [0.3, 0.4) is 0 Å². The van der Waals surface area contributed by atoms with E-state index >= 15 is 0 Å². The molecule has 14 heavy (non-hydrogen) atoms. The summed E-state index contributed by atoms with van der Waals surface area (Å²) in [5, 5.41) is 8.50. The number of nitriles is 1. The topological polar surface area (TPSA) is 40.9 Å². The maximum absolute atomic E-state index is 11.7. The van der Waals surface area contributed by atoms with Crippen LogP contribution in [0.5, 0.6) is 0 Å². The van der Waals surface area contributed by atoms with Gasteiger partial charge in [-0.2, -0.15) is 5.26 Å². The molecule has 0 bridgehead atoms. The van der Waals surface area contributed by atoms with Gasteiger partial charge in [-0.3, -0.25) is 4.79 Å². The normalized spacial score (nSPS) is 17.1. The molecule has 1 saturated carbocycles. The minimum absolute atomic E-state index is 0.0366. The third kappa shape index (κ3) is 1.31. The molecule has 0 N–H and O–H groups in total. The van der Waals surface area contributed by atoms with Crippen molar-refractivity contribution < 1.29 is 4.79 Å². The summed E-state index contributed by atoms with van der Waals surface area (Å²) < 4.78 is 0. The highest BCUT2D eigenvalue weighted by Crippen LogP contribution is 2.49. The Bertz CT molecular complexity index is 385. The van der Waals surface area contributed by atoms with Gasteiger partial charge in [0.1, 0.15) is 0 Å². The lowest BCUT2D eigenvalue weighted by Crippen LogP contribution is -2.19. The second kappa shape index (κ2) is 3.26. The van der Waals surface area contributed by atoms with Crippen LogP contribution in [-0.4, -0.2) is 5.78 Å². The summed E-state index contributed by atoms with van der Waals surface area (Å²) in [6.45, 7) is 0. The van der Waals surface area contributed by atoms with E-state index in [1.807, 2.05) is 36.4 Å². The van der Waals surface area contributed by atoms with E-state index < -0.39 is 0 Å². The molecule has 1 aromatic carbocycles. The van der Waals surface area contributed by atoms with E-state index in [4.69, 9.17) is 5.26 Å². The monoisotopic (exact) mass is 185 g/mol. The number of Topliss-reactive ketones (excluding diaryl/α,β-unsaturated/α-hetero) is 1. The molecule has 2 nitrogen and oxygen atoms in total. The van der Waals surface area contributed by atoms with Crippen molar-refractivity contribution in [2.75, 3.05) is 0 Å². The lowest BCUT2D eigenvalue weighted by Gasteiger charge is -2.11. The molecule has 2 rings (SSSR count). The third-order valence-corrected chi connectivity index (χ3v) is 2.85. The predicted octanol–water partition coefficient (Wildman–Crippen LogP) is 2.20. The number of ketones is 1. The van der Waals surface area contributed by atoms with Gasteiger partial charge in [0.05, 0.1) is 17.9 Å². The molecule has 0 spiro atoms. The summed E-state index contributed by atoms with van der Waals surface area (Å²) in [5.74, 6) is 0.0752. The zero-order valence-electron chi connectivity index (χ0n) is 7.86. The molecule has 2 heteroatoms. The number of nitrogens with zero attached hydrogens (tertiary/aromatic N) is 1. The van der Waals surface area contributed by atoms with E-state index in [9.17, 15) is 4.79 Å². The summed E-state index contributed by atoms with van der Waals surface area (Å²) in [6, 6.07) is 11.7. The molecule has 0 aromatic heterocycles. The van der Waals surface area contributed by atoms with Crippen molar-refractivity contribution in [1.29, 1.82) is 5.26 Å². The molecule has 1 aromatic rings. The van der Waals surface area contributed by atoms with Crippen LogP contribution in [-0.2, 0) is 10.2 Å². The average Bonchev–Trinajstić information content (AvgIpc) is 3.00. The molecular formula is C12H11NO. The molecule has 1 fully saturated rings. The molecule has 0 aliphatic heterocycles. The first kappa shape index (κ1) is 8.96. The Kier molecular flexibility index (Phi) is 2.09. The summed E-state index contributed by atoms with van der Waals surface area (Å²) in [5.41, 5.74) is 0.761. The van der Waals surface area contributed by atoms with Gasteiger partial charge in [-0.1, -0.05) is 30.3 Å². The summed E-state index contributed by atoms with van der Waals surface area (Å²) >= 11 is 0. The van der Waals surface area contributed by atoms with E-state index in [0.717, 1.165) is 18.4 Å². The first-order chi connectivity index (χ1) is 6.79. The SMILES string of the molecule is N#CCC(=O)C1(c2ccccc2)CC1. The number of hydrogen-bond acceptors (Lipinski definition) is 2. The maximum atomic E-state index is 11.7. The highest BCUT2D eigenvalue weighted by Gasteiger charge is 2.50. The molecular weight excluding hydrogens is 174 g/mol. The number of hydrogen-bond donors (Lipinski definition) is 0. The van der Waals surface area contributed by atoms with Gasteiger partial charge in [0, 0.05) is 0 Å². The molecule has 1 aliphatic carbocycles. The molecule has 0 radical (unpaired) electrons. The van der Waals surface area contributed by atoms with Gasteiger partial charge in [0.15, 0.2) is 5.78 Å². The molecule has 0 heterocycles. The van der Waals surface area contributed by atoms with Crippen molar-refractivity contribution in [2.45, 2.75) is 24.7 Å². The van der Waals surface area contributed by atoms with Crippen LogP contribution >= 0.6 is 0 Å². The van der Waals surface area contributed by atoms with Crippen molar-refractivity contribution in [3.63, 3.8) is 0 Å². The minimum Gasteiger partial charge on any atom is -0.298 e. The van der Waals surface area contributed by atoms with Crippen molar-refractivity contribution in [2.24, 2.45) is 0 Å². The molecule has 0 amide bonds. The summed E-state index contributed by atoms with van der Waals surface area (Å²) in [6.07, 6.45) is 1.84. The lowest BCUT2D eigenvalue weighted by molar-refractivity contribution is -0.120. The smallest absolute Gasteiger partial charge is 0.157 e. The largest absolute Gasteiger partial charge is 0.298 e. The van der Waals surface area contributed by atoms with E-state index in [1.165, 1.54) is 0 Å². The van der Waals surface area contributed by atoms with Crippen LogP contribution in [0.4, 0.5) is 0 Å². The Morgan fingerprint density at radius 2 is 2.00 bits per heavy atom. The van der Waals surface area contributed by atoms with Gasteiger partial charge in [0.2, 0.25) is 0 Å². The first-order valence-electron chi connectivity index (χ1n) is 4.75. The number of rotatable bonds is 3. The fourth-order valence-corrected chi connectivity index (χ4v) is 1.85. The fraction of sp³-hybridized carbons (Fsp3) is 0.333. The summed E-state index contributed by atoms with van der Waals surface area (Å²) in [4.78, 5) is 11.7. The second-order valence-electron chi connectivity index (χ2n) is 3.71. The van der Waals surface area contributed by atoms with Gasteiger partial charge in [-0.25, -0.2) is 0 Å². The van der Waals surface area contributed by atoms with Crippen LogP contribution < -0.4 is 0 Å². The van der Waals surface area contributed by atoms with Crippen molar-refractivity contribution in [3.05, 3.63) is 35.9 Å². The Balaban J connectivity index is 2.27. The Morgan fingerprint density at radius 1 is 1.36 bits per heavy atom. The van der Waals surface area contributed by atoms with Crippen molar-refractivity contribution >= 4 is 5.78 Å². The Hall–Kier alpha value is -1.62. The van der Waals surface area contributed by atoms with Gasteiger partial charge >= 0.3 is 0 Å². The lowest BCUT2D eigenvalue weighted by atomic mass is 9.90. The van der Waals surface area contributed by atoms with Crippen LogP contribution in [0, 0.1) is 11.3 Å². The maximum Gasteiger partial charge on any atom is 0.157 e. The van der Waals surface area contributed by atoms with Gasteiger partial charge in [0.25, 0.3) is 0 Å². The molecule has 0 saturated heterocycles. The second-order valence-corrected chi connectivity index (χ2v) is 3.71. The van der Waals surface area contributed by atoms with Crippen LogP contribution in [0.25, 0.3) is 0 Å². The minimum atomic E-state index is -0.309. The number of carbonyl (C=O) groups excluding carboxylic acids is 1. The Morgan fingerprint density at radius 3 is 2.50 bits per heavy atom. The van der Waals surface area contributed by atoms with Crippen molar-refractivity contribution in [1.82, 2.24) is 0 Å². The number of carbonyl (C=O) groups is 1. The van der Waals surface area contributed by atoms with E-state index in [2.05, 4.69) is 0 Å². The average molecular weight is 185 g/mol. The van der Waals surface area contributed by atoms with Crippen LogP contribution in [0.2, 0.25) is 0 Å². The van der Waals surface area contributed by atoms with Crippen LogP contribution in [0.1, 0.15) is 24.8 Å². The first-order valence-corrected chi connectivity index (χ1v) is 4.75. The Labute approximate surface area is 83.2 Å². The van der Waals surface area contributed by atoms with Gasteiger partial charge < -0.3 is 0 Å². The van der Waals surface area contributed by atoms with E-state index in [-0.39, 0.29) is 17.6 Å². The zero-order chi connectivity index (χ0) is 10.0. The standard InChI is InChI=1S/C12H11NO/c13-9-6-11(14)12(7-8-12)10-4-2-1-3-5-10/h1-5H,6-8H2.